The lowest BCUT2D eigenvalue weighted by Crippen LogP contribution is -2.47. The summed E-state index contributed by atoms with van der Waals surface area (Å²) in [4.78, 5) is 20.5. The second-order valence-corrected chi connectivity index (χ2v) is 4.15. The second kappa shape index (κ2) is 4.89. The normalized spacial score (nSPS) is 16.8. The zero-order valence-electron chi connectivity index (χ0n) is 10.7. The van der Waals surface area contributed by atoms with Crippen molar-refractivity contribution in [3.63, 3.8) is 0 Å². The maximum Gasteiger partial charge on any atom is 0.246 e. The monoisotopic (exact) mass is 252 g/mol. The van der Waals surface area contributed by atoms with Crippen molar-refractivity contribution in [2.75, 3.05) is 21.3 Å². The van der Waals surface area contributed by atoms with Crippen LogP contribution in [0.3, 0.4) is 0 Å². The highest BCUT2D eigenvalue weighted by molar-refractivity contribution is 6.03. The van der Waals surface area contributed by atoms with Gasteiger partial charge in [0.15, 0.2) is 5.69 Å². The zero-order chi connectivity index (χ0) is 13.2. The molecule has 0 N–H and O–H groups in total. The Bertz CT molecular complexity index is 452. The SMILES string of the molecule is COc1cnc(C(=O)C2(OC)CCC2)c(OC)n1. The summed E-state index contributed by atoms with van der Waals surface area (Å²) in [5, 5.41) is 0. The Kier molecular flexibility index (Phi) is 3.47. The molecular weight excluding hydrogens is 236 g/mol. The first-order chi connectivity index (χ1) is 8.66. The van der Waals surface area contributed by atoms with Gasteiger partial charge in [-0.3, -0.25) is 4.79 Å². The Labute approximate surface area is 105 Å². The highest BCUT2D eigenvalue weighted by atomic mass is 16.5. The average Bonchev–Trinajstić information content (AvgIpc) is 2.37. The van der Waals surface area contributed by atoms with Crippen LogP contribution in [-0.4, -0.2) is 42.7 Å². The van der Waals surface area contributed by atoms with Gasteiger partial charge < -0.3 is 14.2 Å². The Hall–Kier alpha value is -1.69. The molecule has 0 saturated heterocycles. The molecule has 0 amide bonds. The van der Waals surface area contributed by atoms with E-state index in [2.05, 4.69) is 9.97 Å². The van der Waals surface area contributed by atoms with Crippen molar-refractivity contribution in [2.45, 2.75) is 24.9 Å². The first kappa shape index (κ1) is 12.8. The van der Waals surface area contributed by atoms with E-state index in [9.17, 15) is 4.79 Å². The molecule has 2 rings (SSSR count). The van der Waals surface area contributed by atoms with Gasteiger partial charge in [-0.25, -0.2) is 4.98 Å². The van der Waals surface area contributed by atoms with Gasteiger partial charge >= 0.3 is 0 Å². The van der Waals surface area contributed by atoms with Gasteiger partial charge in [-0.15, -0.1) is 0 Å². The van der Waals surface area contributed by atoms with Crippen molar-refractivity contribution in [1.29, 1.82) is 0 Å². The summed E-state index contributed by atoms with van der Waals surface area (Å²) in [5.41, 5.74) is -0.559. The summed E-state index contributed by atoms with van der Waals surface area (Å²) in [7, 11) is 4.47. The molecule has 1 aromatic rings. The molecule has 1 aliphatic rings. The summed E-state index contributed by atoms with van der Waals surface area (Å²) in [6.07, 6.45) is 3.79. The van der Waals surface area contributed by atoms with Gasteiger partial charge in [0.2, 0.25) is 17.5 Å². The molecule has 0 spiro atoms. The third-order valence-electron chi connectivity index (χ3n) is 3.30. The van der Waals surface area contributed by atoms with Gasteiger partial charge in [0.1, 0.15) is 5.60 Å². The molecule has 1 saturated carbocycles. The number of aromatic nitrogens is 2. The van der Waals surface area contributed by atoms with Gasteiger partial charge in [0, 0.05) is 7.11 Å². The highest BCUT2D eigenvalue weighted by Gasteiger charge is 2.46. The molecule has 0 aliphatic heterocycles. The summed E-state index contributed by atoms with van der Waals surface area (Å²) in [6, 6.07) is 0. The van der Waals surface area contributed by atoms with Crippen molar-refractivity contribution < 1.29 is 19.0 Å². The standard InChI is InChI=1S/C12H16N2O4/c1-16-8-7-13-9(11(14-8)17-2)10(15)12(18-3)5-4-6-12/h7H,4-6H2,1-3H3. The maximum atomic E-state index is 12.4. The quantitative estimate of drug-likeness (QED) is 0.734. The van der Waals surface area contributed by atoms with Crippen LogP contribution in [0.25, 0.3) is 0 Å². The Morgan fingerprint density at radius 1 is 1.28 bits per heavy atom. The first-order valence-corrected chi connectivity index (χ1v) is 5.72. The fourth-order valence-corrected chi connectivity index (χ4v) is 1.99. The molecule has 0 aromatic carbocycles. The van der Waals surface area contributed by atoms with Crippen molar-refractivity contribution in [3.05, 3.63) is 11.9 Å². The Morgan fingerprint density at radius 2 is 2.00 bits per heavy atom. The van der Waals surface area contributed by atoms with Crippen LogP contribution in [0.15, 0.2) is 6.20 Å². The molecule has 1 aliphatic carbocycles. The molecule has 6 nitrogen and oxygen atoms in total. The number of rotatable bonds is 5. The number of carbonyl (C=O) groups excluding carboxylic acids is 1. The van der Waals surface area contributed by atoms with Gasteiger partial charge in [-0.05, 0) is 19.3 Å². The molecule has 1 aromatic heterocycles. The predicted octanol–water partition coefficient (Wildman–Crippen LogP) is 1.25. The molecular formula is C12H16N2O4. The van der Waals surface area contributed by atoms with E-state index in [0.717, 1.165) is 6.42 Å². The number of hydrogen-bond acceptors (Lipinski definition) is 6. The molecule has 0 unspecified atom stereocenters. The third kappa shape index (κ3) is 1.92. The molecule has 6 heteroatoms. The van der Waals surface area contributed by atoms with E-state index in [1.54, 1.807) is 7.11 Å². The Balaban J connectivity index is 2.35. The second-order valence-electron chi connectivity index (χ2n) is 4.15. The van der Waals surface area contributed by atoms with E-state index in [1.807, 2.05) is 0 Å². The zero-order valence-corrected chi connectivity index (χ0v) is 10.7. The molecule has 1 fully saturated rings. The van der Waals surface area contributed by atoms with Crippen LogP contribution in [0.4, 0.5) is 0 Å². The molecule has 98 valence electrons. The van der Waals surface area contributed by atoms with Crippen molar-refractivity contribution in [2.24, 2.45) is 0 Å². The lowest BCUT2D eigenvalue weighted by molar-refractivity contribution is -0.0453. The van der Waals surface area contributed by atoms with Crippen LogP contribution in [0, 0.1) is 0 Å². The average molecular weight is 252 g/mol. The van der Waals surface area contributed by atoms with Crippen molar-refractivity contribution >= 4 is 5.78 Å². The van der Waals surface area contributed by atoms with E-state index in [-0.39, 0.29) is 17.4 Å². The van der Waals surface area contributed by atoms with Crippen LogP contribution in [0.5, 0.6) is 11.8 Å². The first-order valence-electron chi connectivity index (χ1n) is 5.72. The number of methoxy groups -OCH3 is 3. The lowest BCUT2D eigenvalue weighted by Gasteiger charge is -2.38. The van der Waals surface area contributed by atoms with Crippen LogP contribution >= 0.6 is 0 Å². The summed E-state index contributed by atoms with van der Waals surface area (Å²) in [5.74, 6) is 0.300. The van der Waals surface area contributed by atoms with Gasteiger partial charge in [-0.2, -0.15) is 4.98 Å². The lowest BCUT2D eigenvalue weighted by atomic mass is 9.76. The minimum Gasteiger partial charge on any atom is -0.480 e. The van der Waals surface area contributed by atoms with Crippen molar-refractivity contribution in [1.82, 2.24) is 9.97 Å². The molecule has 18 heavy (non-hydrogen) atoms. The van der Waals surface area contributed by atoms with Crippen LogP contribution in [-0.2, 0) is 4.74 Å². The topological polar surface area (TPSA) is 70.5 Å². The number of ether oxygens (including phenoxy) is 3. The maximum absolute atomic E-state index is 12.4. The van der Waals surface area contributed by atoms with Gasteiger partial charge in [0.05, 0.1) is 20.4 Å². The summed E-state index contributed by atoms with van der Waals surface area (Å²) in [6.45, 7) is 0. The van der Waals surface area contributed by atoms with Crippen LogP contribution in [0.2, 0.25) is 0 Å². The highest BCUT2D eigenvalue weighted by Crippen LogP contribution is 2.38. The minimum absolute atomic E-state index is 0.169. The molecule has 0 atom stereocenters. The summed E-state index contributed by atoms with van der Waals surface area (Å²) >= 11 is 0. The smallest absolute Gasteiger partial charge is 0.246 e. The fourth-order valence-electron chi connectivity index (χ4n) is 1.99. The number of hydrogen-bond donors (Lipinski definition) is 0. The summed E-state index contributed by atoms with van der Waals surface area (Å²) < 4.78 is 15.4. The molecule has 0 bridgehead atoms. The van der Waals surface area contributed by atoms with Crippen LogP contribution < -0.4 is 9.47 Å². The number of nitrogens with zero attached hydrogens (tertiary/aromatic N) is 2. The number of Topliss-reactive ketones (excluding diaryl/α,β-unsaturated/α-hetero) is 1. The fraction of sp³-hybridized carbons (Fsp3) is 0.583. The van der Waals surface area contributed by atoms with Crippen molar-refractivity contribution in [3.8, 4) is 11.8 Å². The minimum atomic E-state index is -0.753. The Morgan fingerprint density at radius 3 is 2.44 bits per heavy atom. The van der Waals surface area contributed by atoms with Crippen LogP contribution in [0.1, 0.15) is 29.8 Å². The number of carbonyl (C=O) groups is 1. The van der Waals surface area contributed by atoms with E-state index in [4.69, 9.17) is 14.2 Å². The van der Waals surface area contributed by atoms with Gasteiger partial charge in [0.25, 0.3) is 0 Å². The van der Waals surface area contributed by atoms with E-state index in [0.29, 0.717) is 18.7 Å². The van der Waals surface area contributed by atoms with E-state index >= 15 is 0 Å². The molecule has 1 heterocycles. The predicted molar refractivity (Wildman–Crippen MR) is 63.1 cm³/mol. The third-order valence-corrected chi connectivity index (χ3v) is 3.30. The van der Waals surface area contributed by atoms with Gasteiger partial charge in [-0.1, -0.05) is 0 Å². The van der Waals surface area contributed by atoms with E-state index in [1.165, 1.54) is 20.4 Å². The molecule has 0 radical (unpaired) electrons. The largest absolute Gasteiger partial charge is 0.480 e. The van der Waals surface area contributed by atoms with E-state index < -0.39 is 5.60 Å². The number of ketones is 1.